The van der Waals surface area contributed by atoms with Crippen LogP contribution >= 0.6 is 0 Å². The summed E-state index contributed by atoms with van der Waals surface area (Å²) in [5, 5.41) is 16.1. The number of sulfone groups is 3. The third kappa shape index (κ3) is 7.54. The van der Waals surface area contributed by atoms with Crippen LogP contribution in [0, 0.1) is 0 Å². The summed E-state index contributed by atoms with van der Waals surface area (Å²) in [6.45, 7) is 8.81. The molecule has 8 N–H and O–H groups in total. The summed E-state index contributed by atoms with van der Waals surface area (Å²) in [6, 6.07) is 0. The minimum atomic E-state index is -5.05. The van der Waals surface area contributed by atoms with E-state index in [0.29, 0.717) is 0 Å². The zero-order valence-corrected chi connectivity index (χ0v) is 20.7. The van der Waals surface area contributed by atoms with Gasteiger partial charge < -0.3 is 21.7 Å². The Bertz CT molecular complexity index is 1010. The van der Waals surface area contributed by atoms with Gasteiger partial charge in [0.1, 0.15) is 0 Å². The first-order valence-electron chi connectivity index (χ1n) is 8.60. The number of aliphatic hydroxyl groups is 2. The Labute approximate surface area is 188 Å². The zero-order valence-electron chi connectivity index (χ0n) is 17.4. The third-order valence-electron chi connectivity index (χ3n) is 4.36. The van der Waals surface area contributed by atoms with Crippen LogP contribution in [0.25, 0.3) is 0 Å². The van der Waals surface area contributed by atoms with E-state index in [1.807, 2.05) is 0 Å². The second-order valence-electron chi connectivity index (χ2n) is 6.41. The molecule has 192 valence electrons. The van der Waals surface area contributed by atoms with Crippen LogP contribution in [0.1, 0.15) is 26.7 Å². The Morgan fingerprint density at radius 2 is 0.969 bits per heavy atom. The van der Waals surface area contributed by atoms with Crippen LogP contribution < -0.4 is 11.5 Å². The van der Waals surface area contributed by atoms with Crippen LogP contribution in [0.3, 0.4) is 0 Å². The standard InChI is InChI=1S/C14H28N2O8S3.H2O4S/c1-5-9-25(19,20)13(17,7-3)11(15)27(23,24)12(16)14(18,8-4)26(21,22)10-6-2;1-5(2,3)4/h5-6,11-12,17-18H,1-2,7-10,15-16H2,3-4H3;(H2,1,2,3,4). The molecule has 18 heteroatoms. The highest BCUT2D eigenvalue weighted by atomic mass is 32.3. The first-order valence-corrected chi connectivity index (χ1v) is 14.9. The van der Waals surface area contributed by atoms with Gasteiger partial charge in [-0.2, -0.15) is 8.42 Å². The van der Waals surface area contributed by atoms with Crippen molar-refractivity contribution in [2.75, 3.05) is 11.5 Å². The Morgan fingerprint density at radius 1 is 0.750 bits per heavy atom. The number of nitrogens with two attached hydrogens (primary N) is 2. The summed E-state index contributed by atoms with van der Waals surface area (Å²) >= 11 is 0. The van der Waals surface area contributed by atoms with Crippen molar-refractivity contribution in [3.05, 3.63) is 25.3 Å². The van der Waals surface area contributed by atoms with Gasteiger partial charge >= 0.3 is 10.4 Å². The van der Waals surface area contributed by atoms with E-state index in [1.54, 1.807) is 0 Å². The minimum absolute atomic E-state index is 0.625. The fraction of sp³-hybridized carbons (Fsp3) is 0.714. The van der Waals surface area contributed by atoms with E-state index < -0.39 is 84.9 Å². The van der Waals surface area contributed by atoms with Crippen LogP contribution in [0.4, 0.5) is 0 Å². The maximum absolute atomic E-state index is 12.8. The molecule has 0 aliphatic rings. The lowest BCUT2D eigenvalue weighted by molar-refractivity contribution is 0.104. The summed E-state index contributed by atoms with van der Waals surface area (Å²) in [5.74, 6) is -1.55. The smallest absolute Gasteiger partial charge is 0.372 e. The molecule has 32 heavy (non-hydrogen) atoms. The first kappa shape index (κ1) is 33.2. The normalized spacial score (nSPS) is 18.8. The molecule has 4 unspecified atom stereocenters. The Balaban J connectivity index is 0. The van der Waals surface area contributed by atoms with Gasteiger partial charge in [-0.1, -0.05) is 26.0 Å². The number of hydrogen-bond acceptors (Lipinski definition) is 12. The fourth-order valence-electron chi connectivity index (χ4n) is 2.47. The Morgan fingerprint density at radius 3 is 1.12 bits per heavy atom. The summed E-state index contributed by atoms with van der Waals surface area (Å²) in [7, 11) is -18.7. The third-order valence-corrected chi connectivity index (χ3v) is 11.4. The second kappa shape index (κ2) is 11.4. The topological polar surface area (TPSA) is 270 Å². The van der Waals surface area contributed by atoms with Gasteiger partial charge in [0.15, 0.2) is 50.1 Å². The van der Waals surface area contributed by atoms with Crippen LogP contribution in [-0.2, 0) is 39.9 Å². The average Bonchev–Trinajstić information content (AvgIpc) is 2.63. The van der Waals surface area contributed by atoms with E-state index in [4.69, 9.17) is 29.0 Å². The van der Waals surface area contributed by atoms with Crippen LogP contribution in [-0.4, -0.2) is 85.1 Å². The van der Waals surface area contributed by atoms with Gasteiger partial charge in [-0.15, -0.1) is 13.2 Å². The van der Waals surface area contributed by atoms with Crippen LogP contribution in [0.5, 0.6) is 0 Å². The number of rotatable bonds is 12. The lowest BCUT2D eigenvalue weighted by Crippen LogP contribution is -2.66. The highest BCUT2D eigenvalue weighted by molar-refractivity contribution is 7.98. The lowest BCUT2D eigenvalue weighted by Gasteiger charge is -2.37. The molecule has 0 spiro atoms. The molecular formula is C14H30N2O12S4. The molecule has 4 atom stereocenters. The van der Waals surface area contributed by atoms with Gasteiger partial charge in [0.2, 0.25) is 0 Å². The SMILES string of the molecule is C=CCS(=O)(=O)C(O)(CC)C(N)S(=O)(=O)C(N)C(O)(CC)S(=O)(=O)CC=C.O=S(=O)(O)O. The van der Waals surface area contributed by atoms with Crippen molar-refractivity contribution < 1.29 is 53.0 Å². The van der Waals surface area contributed by atoms with Crippen molar-refractivity contribution in [2.24, 2.45) is 11.5 Å². The van der Waals surface area contributed by atoms with Gasteiger partial charge in [0.25, 0.3) is 0 Å². The molecular weight excluding hydrogens is 516 g/mol. The predicted molar refractivity (Wildman–Crippen MR) is 117 cm³/mol. The van der Waals surface area contributed by atoms with Crippen LogP contribution in [0.2, 0.25) is 0 Å². The Kier molecular flexibility index (Phi) is 11.9. The van der Waals surface area contributed by atoms with Crippen molar-refractivity contribution in [2.45, 2.75) is 47.3 Å². The van der Waals surface area contributed by atoms with Gasteiger partial charge in [-0.05, 0) is 12.8 Å². The van der Waals surface area contributed by atoms with E-state index in [-0.39, 0.29) is 0 Å². The highest BCUT2D eigenvalue weighted by Crippen LogP contribution is 2.33. The van der Waals surface area contributed by atoms with Gasteiger partial charge in [-0.25, -0.2) is 25.3 Å². The molecule has 0 saturated heterocycles. The summed E-state index contributed by atoms with van der Waals surface area (Å²) in [4.78, 5) is -5.93. The molecule has 0 fully saturated rings. The molecule has 0 amide bonds. The van der Waals surface area contributed by atoms with Crippen molar-refractivity contribution in [3.8, 4) is 0 Å². The second-order valence-corrected chi connectivity index (χ2v) is 14.0. The monoisotopic (exact) mass is 546 g/mol. The van der Waals surface area contributed by atoms with Crippen molar-refractivity contribution in [1.82, 2.24) is 0 Å². The van der Waals surface area contributed by atoms with Crippen molar-refractivity contribution in [1.29, 1.82) is 0 Å². The maximum atomic E-state index is 12.8. The van der Waals surface area contributed by atoms with E-state index in [0.717, 1.165) is 12.2 Å². The first-order chi connectivity index (χ1) is 14.1. The molecule has 0 aromatic rings. The van der Waals surface area contributed by atoms with Crippen molar-refractivity contribution in [3.63, 3.8) is 0 Å². The van der Waals surface area contributed by atoms with Gasteiger partial charge in [0.05, 0.1) is 11.5 Å². The maximum Gasteiger partial charge on any atom is 0.394 e. The molecule has 0 aromatic carbocycles. The predicted octanol–water partition coefficient (Wildman–Crippen LogP) is -2.28. The fourth-order valence-corrected chi connectivity index (χ4v) is 8.61. The van der Waals surface area contributed by atoms with E-state index >= 15 is 0 Å². The largest absolute Gasteiger partial charge is 0.394 e. The zero-order chi connectivity index (χ0) is 26.4. The summed E-state index contributed by atoms with van der Waals surface area (Å²) in [6.07, 6.45) is 0.624. The van der Waals surface area contributed by atoms with Crippen LogP contribution in [0.15, 0.2) is 25.3 Å². The Hall–Kier alpha value is -0.960. The molecule has 0 heterocycles. The summed E-state index contributed by atoms with van der Waals surface area (Å²) in [5.41, 5.74) is 11.1. The molecule has 0 bridgehead atoms. The quantitative estimate of drug-likeness (QED) is 0.111. The van der Waals surface area contributed by atoms with Gasteiger partial charge in [0, 0.05) is 0 Å². The lowest BCUT2D eigenvalue weighted by atomic mass is 10.2. The number of hydrogen-bond donors (Lipinski definition) is 6. The van der Waals surface area contributed by atoms with E-state index in [9.17, 15) is 35.5 Å². The molecule has 0 rings (SSSR count). The molecule has 0 radical (unpaired) electrons. The van der Waals surface area contributed by atoms with E-state index in [2.05, 4.69) is 13.2 Å². The molecule has 14 nitrogen and oxygen atoms in total. The molecule has 0 aromatic heterocycles. The summed E-state index contributed by atoms with van der Waals surface area (Å²) < 4.78 is 106. The average molecular weight is 547 g/mol. The minimum Gasteiger partial charge on any atom is -0.372 e. The van der Waals surface area contributed by atoms with Crippen molar-refractivity contribution >= 4 is 39.9 Å². The van der Waals surface area contributed by atoms with Gasteiger partial charge in [-0.3, -0.25) is 9.11 Å². The molecule has 0 aliphatic heterocycles. The highest BCUT2D eigenvalue weighted by Gasteiger charge is 2.58. The molecule has 0 saturated carbocycles. The van der Waals surface area contributed by atoms with E-state index in [1.165, 1.54) is 13.8 Å². The molecule has 0 aliphatic carbocycles.